The minimum absolute atomic E-state index is 0.301. The molecule has 1 unspecified atom stereocenters. The summed E-state index contributed by atoms with van der Waals surface area (Å²) < 4.78 is 27.3. The van der Waals surface area contributed by atoms with E-state index in [0.717, 1.165) is 21.6 Å². The van der Waals surface area contributed by atoms with E-state index in [1.165, 1.54) is 17.4 Å². The van der Waals surface area contributed by atoms with Crippen molar-refractivity contribution in [3.05, 3.63) is 51.0 Å². The molecule has 0 aliphatic heterocycles. The van der Waals surface area contributed by atoms with Crippen LogP contribution in [0.25, 0.3) is 0 Å². The quantitative estimate of drug-likeness (QED) is 0.924. The number of rotatable bonds is 4. The maximum Gasteiger partial charge on any atom is 0.164 e. The van der Waals surface area contributed by atoms with Gasteiger partial charge in [0.1, 0.15) is 5.01 Å². The van der Waals surface area contributed by atoms with Crippen LogP contribution in [0.4, 0.5) is 8.78 Å². The number of thiazole rings is 1. The minimum atomic E-state index is -0.828. The molecule has 1 heterocycles. The largest absolute Gasteiger partial charge is 0.304 e. The highest BCUT2D eigenvalue weighted by molar-refractivity contribution is 7.11. The van der Waals surface area contributed by atoms with Crippen molar-refractivity contribution in [2.45, 2.75) is 26.8 Å². The lowest BCUT2D eigenvalue weighted by atomic mass is 10.1. The molecule has 0 aliphatic carbocycles. The molecule has 0 saturated carbocycles. The van der Waals surface area contributed by atoms with Gasteiger partial charge in [0.2, 0.25) is 0 Å². The fourth-order valence-electron chi connectivity index (χ4n) is 1.90. The van der Waals surface area contributed by atoms with E-state index in [2.05, 4.69) is 10.3 Å². The molecule has 0 bridgehead atoms. The Morgan fingerprint density at radius 2 is 2.05 bits per heavy atom. The molecule has 5 heteroatoms. The van der Waals surface area contributed by atoms with Crippen molar-refractivity contribution in [1.29, 1.82) is 0 Å². The van der Waals surface area contributed by atoms with Crippen LogP contribution in [0.5, 0.6) is 0 Å². The standard InChI is InChI=1S/C14H16F2N2S/c1-4-17-13(14-18-8(2)9(3)19-14)10-6-5-7-11(15)12(10)16/h5-7,13,17H,4H2,1-3H3. The molecule has 2 nitrogen and oxygen atoms in total. The lowest BCUT2D eigenvalue weighted by Crippen LogP contribution is -2.23. The average Bonchev–Trinajstić information content (AvgIpc) is 2.70. The molecule has 0 spiro atoms. The Bertz CT molecular complexity index is 561. The summed E-state index contributed by atoms with van der Waals surface area (Å²) in [6.45, 7) is 6.47. The van der Waals surface area contributed by atoms with Gasteiger partial charge in [-0.15, -0.1) is 11.3 Å². The molecule has 0 aliphatic rings. The summed E-state index contributed by atoms with van der Waals surface area (Å²) in [5, 5.41) is 3.93. The Labute approximate surface area is 115 Å². The molecular weight excluding hydrogens is 266 g/mol. The van der Waals surface area contributed by atoms with Gasteiger partial charge < -0.3 is 5.32 Å². The Morgan fingerprint density at radius 3 is 2.63 bits per heavy atom. The number of aryl methyl sites for hydroxylation is 2. The highest BCUT2D eigenvalue weighted by atomic mass is 32.1. The number of aromatic nitrogens is 1. The fraction of sp³-hybridized carbons (Fsp3) is 0.357. The molecule has 102 valence electrons. The Balaban J connectivity index is 2.48. The molecule has 0 saturated heterocycles. The van der Waals surface area contributed by atoms with E-state index in [-0.39, 0.29) is 0 Å². The highest BCUT2D eigenvalue weighted by Gasteiger charge is 2.22. The summed E-state index contributed by atoms with van der Waals surface area (Å²) >= 11 is 1.51. The van der Waals surface area contributed by atoms with E-state index in [4.69, 9.17) is 0 Å². The van der Waals surface area contributed by atoms with Crippen LogP contribution >= 0.6 is 11.3 Å². The SMILES string of the molecule is CCNC(c1nc(C)c(C)s1)c1cccc(F)c1F. The highest BCUT2D eigenvalue weighted by Crippen LogP contribution is 2.30. The molecule has 2 aromatic rings. The first-order valence-corrected chi connectivity index (χ1v) is 6.97. The minimum Gasteiger partial charge on any atom is -0.304 e. The fourth-order valence-corrected chi connectivity index (χ4v) is 2.92. The van der Waals surface area contributed by atoms with Crippen molar-refractivity contribution in [2.75, 3.05) is 6.54 Å². The number of nitrogens with zero attached hydrogens (tertiary/aromatic N) is 1. The number of benzene rings is 1. The molecule has 19 heavy (non-hydrogen) atoms. The van der Waals surface area contributed by atoms with Gasteiger partial charge in [0.05, 0.1) is 11.7 Å². The lowest BCUT2D eigenvalue weighted by Gasteiger charge is -2.16. The third-order valence-electron chi connectivity index (χ3n) is 2.99. The van der Waals surface area contributed by atoms with Gasteiger partial charge in [0, 0.05) is 10.4 Å². The topological polar surface area (TPSA) is 24.9 Å². The van der Waals surface area contributed by atoms with Gasteiger partial charge in [-0.25, -0.2) is 13.8 Å². The second kappa shape index (κ2) is 5.75. The van der Waals surface area contributed by atoms with Crippen LogP contribution in [-0.4, -0.2) is 11.5 Å². The second-order valence-corrected chi connectivity index (χ2v) is 5.56. The van der Waals surface area contributed by atoms with E-state index in [1.807, 2.05) is 20.8 Å². The normalized spacial score (nSPS) is 12.7. The van der Waals surface area contributed by atoms with Gasteiger partial charge in [0.25, 0.3) is 0 Å². The molecule has 0 radical (unpaired) electrons. The van der Waals surface area contributed by atoms with Gasteiger partial charge in [-0.1, -0.05) is 19.1 Å². The Morgan fingerprint density at radius 1 is 1.32 bits per heavy atom. The zero-order valence-corrected chi connectivity index (χ0v) is 11.9. The summed E-state index contributed by atoms with van der Waals surface area (Å²) in [7, 11) is 0. The first-order chi connectivity index (χ1) is 9.04. The van der Waals surface area contributed by atoms with E-state index in [0.29, 0.717) is 12.1 Å². The summed E-state index contributed by atoms with van der Waals surface area (Å²) in [5.74, 6) is -1.63. The molecule has 1 aromatic carbocycles. The molecule has 1 atom stereocenters. The second-order valence-electron chi connectivity index (χ2n) is 4.33. The third kappa shape index (κ3) is 2.82. The number of nitrogens with one attached hydrogen (secondary N) is 1. The summed E-state index contributed by atoms with van der Waals surface area (Å²) in [6, 6.07) is 3.83. The van der Waals surface area contributed by atoms with E-state index < -0.39 is 17.7 Å². The van der Waals surface area contributed by atoms with E-state index in [1.54, 1.807) is 6.07 Å². The van der Waals surface area contributed by atoms with E-state index in [9.17, 15) is 8.78 Å². The Hall–Kier alpha value is -1.33. The maximum atomic E-state index is 13.9. The van der Waals surface area contributed by atoms with Crippen molar-refractivity contribution < 1.29 is 8.78 Å². The summed E-state index contributed by atoms with van der Waals surface area (Å²) in [5.41, 5.74) is 1.23. The zero-order valence-electron chi connectivity index (χ0n) is 11.1. The van der Waals surface area contributed by atoms with Crippen LogP contribution in [0.3, 0.4) is 0 Å². The first kappa shape index (κ1) is 14.1. The van der Waals surface area contributed by atoms with E-state index >= 15 is 0 Å². The van der Waals surface area contributed by atoms with Crippen LogP contribution < -0.4 is 5.32 Å². The van der Waals surface area contributed by atoms with Crippen molar-refractivity contribution in [2.24, 2.45) is 0 Å². The molecular formula is C14H16F2N2S. The molecule has 2 rings (SSSR count). The van der Waals surface area contributed by atoms with Crippen molar-refractivity contribution in [3.63, 3.8) is 0 Å². The first-order valence-electron chi connectivity index (χ1n) is 6.15. The zero-order chi connectivity index (χ0) is 14.0. The van der Waals surface area contributed by atoms with Crippen LogP contribution in [0.15, 0.2) is 18.2 Å². The number of halogens is 2. The van der Waals surface area contributed by atoms with Gasteiger partial charge in [0.15, 0.2) is 11.6 Å². The molecule has 0 amide bonds. The van der Waals surface area contributed by atoms with Crippen LogP contribution in [-0.2, 0) is 0 Å². The predicted octanol–water partition coefficient (Wildman–Crippen LogP) is 3.74. The van der Waals surface area contributed by atoms with Crippen LogP contribution in [0, 0.1) is 25.5 Å². The van der Waals surface area contributed by atoms with Crippen molar-refractivity contribution in [3.8, 4) is 0 Å². The lowest BCUT2D eigenvalue weighted by molar-refractivity contribution is 0.482. The maximum absolute atomic E-state index is 13.9. The predicted molar refractivity (Wildman–Crippen MR) is 73.5 cm³/mol. The summed E-state index contributed by atoms with van der Waals surface area (Å²) in [4.78, 5) is 5.54. The van der Waals surface area contributed by atoms with Crippen molar-refractivity contribution >= 4 is 11.3 Å². The molecule has 1 N–H and O–H groups in total. The third-order valence-corrected chi connectivity index (χ3v) is 4.13. The molecule has 0 fully saturated rings. The van der Waals surface area contributed by atoms with Gasteiger partial charge in [-0.3, -0.25) is 0 Å². The van der Waals surface area contributed by atoms with Crippen molar-refractivity contribution in [1.82, 2.24) is 10.3 Å². The van der Waals surface area contributed by atoms with Crippen LogP contribution in [0.2, 0.25) is 0 Å². The smallest absolute Gasteiger partial charge is 0.164 e. The Kier molecular flexibility index (Phi) is 4.27. The van der Waals surface area contributed by atoms with Crippen LogP contribution in [0.1, 0.15) is 34.1 Å². The molecule has 1 aromatic heterocycles. The monoisotopic (exact) mass is 282 g/mol. The number of hydrogen-bond acceptors (Lipinski definition) is 3. The summed E-state index contributed by atoms with van der Waals surface area (Å²) in [6.07, 6.45) is 0. The van der Waals surface area contributed by atoms with Gasteiger partial charge >= 0.3 is 0 Å². The van der Waals surface area contributed by atoms with Gasteiger partial charge in [-0.05, 0) is 26.5 Å². The number of hydrogen-bond donors (Lipinski definition) is 1. The van der Waals surface area contributed by atoms with Gasteiger partial charge in [-0.2, -0.15) is 0 Å². The average molecular weight is 282 g/mol.